The number of nitrogen functional groups attached to an aromatic ring is 1. The summed E-state index contributed by atoms with van der Waals surface area (Å²) in [7, 11) is 0. The fourth-order valence-corrected chi connectivity index (χ4v) is 3.52. The molecule has 1 saturated heterocycles. The third kappa shape index (κ3) is 2.22. The Morgan fingerprint density at radius 3 is 2.78 bits per heavy atom. The normalized spacial score (nSPS) is 25.0. The SMILES string of the molecule is CC1CN(Cc2ccc3nc(N)sc3c2)CC1C. The van der Waals surface area contributed by atoms with Crippen molar-refractivity contribution in [3.63, 3.8) is 0 Å². The number of rotatable bonds is 2. The minimum atomic E-state index is 0.658. The van der Waals surface area contributed by atoms with Crippen LogP contribution >= 0.6 is 11.3 Å². The van der Waals surface area contributed by atoms with E-state index in [4.69, 9.17) is 5.73 Å². The first-order valence-corrected chi connectivity index (χ1v) is 7.31. The van der Waals surface area contributed by atoms with Crippen molar-refractivity contribution in [3.05, 3.63) is 23.8 Å². The van der Waals surface area contributed by atoms with Crippen molar-refractivity contribution < 1.29 is 0 Å². The van der Waals surface area contributed by atoms with Crippen LogP contribution in [0, 0.1) is 11.8 Å². The molecule has 0 bridgehead atoms. The number of nitrogens with two attached hydrogens (primary N) is 1. The molecule has 0 amide bonds. The topological polar surface area (TPSA) is 42.2 Å². The van der Waals surface area contributed by atoms with Crippen LogP contribution in [0.5, 0.6) is 0 Å². The molecule has 3 nitrogen and oxygen atoms in total. The van der Waals surface area contributed by atoms with Gasteiger partial charge in [0.2, 0.25) is 0 Å². The van der Waals surface area contributed by atoms with E-state index in [2.05, 4.69) is 41.9 Å². The van der Waals surface area contributed by atoms with Crippen LogP contribution in [0.2, 0.25) is 0 Å². The van der Waals surface area contributed by atoms with Crippen molar-refractivity contribution in [1.82, 2.24) is 9.88 Å². The van der Waals surface area contributed by atoms with Crippen LogP contribution in [0.1, 0.15) is 19.4 Å². The van der Waals surface area contributed by atoms with Gasteiger partial charge < -0.3 is 5.73 Å². The van der Waals surface area contributed by atoms with Crippen molar-refractivity contribution in [3.8, 4) is 0 Å². The molecule has 2 aromatic rings. The highest BCUT2D eigenvalue weighted by atomic mass is 32.1. The van der Waals surface area contributed by atoms with Gasteiger partial charge >= 0.3 is 0 Å². The maximum Gasteiger partial charge on any atom is 0.181 e. The van der Waals surface area contributed by atoms with E-state index in [0.29, 0.717) is 5.13 Å². The molecule has 2 atom stereocenters. The van der Waals surface area contributed by atoms with Gasteiger partial charge in [-0.05, 0) is 29.5 Å². The number of hydrogen-bond acceptors (Lipinski definition) is 4. The molecular weight excluding hydrogens is 242 g/mol. The second-order valence-electron chi connectivity index (χ2n) is 5.50. The molecule has 2 heterocycles. The molecule has 4 heteroatoms. The predicted octanol–water partition coefficient (Wildman–Crippen LogP) is 2.97. The molecule has 2 N–H and O–H groups in total. The van der Waals surface area contributed by atoms with E-state index >= 15 is 0 Å². The summed E-state index contributed by atoms with van der Waals surface area (Å²) in [5.41, 5.74) is 8.12. The molecule has 0 radical (unpaired) electrons. The molecule has 96 valence electrons. The number of benzene rings is 1. The van der Waals surface area contributed by atoms with Crippen LogP contribution in [0.15, 0.2) is 18.2 Å². The van der Waals surface area contributed by atoms with Crippen molar-refractivity contribution in [2.24, 2.45) is 11.8 Å². The van der Waals surface area contributed by atoms with E-state index in [1.807, 2.05) is 0 Å². The number of thiazole rings is 1. The van der Waals surface area contributed by atoms with Crippen LogP contribution in [0.25, 0.3) is 10.2 Å². The minimum Gasteiger partial charge on any atom is -0.375 e. The summed E-state index contributed by atoms with van der Waals surface area (Å²) in [6, 6.07) is 6.49. The zero-order chi connectivity index (χ0) is 12.7. The number of hydrogen-bond donors (Lipinski definition) is 1. The third-order valence-corrected chi connectivity index (χ3v) is 4.79. The zero-order valence-corrected chi connectivity index (χ0v) is 11.7. The molecule has 0 saturated carbocycles. The van der Waals surface area contributed by atoms with E-state index in [-0.39, 0.29) is 0 Å². The first kappa shape index (κ1) is 11.9. The molecule has 1 aliphatic rings. The van der Waals surface area contributed by atoms with Crippen molar-refractivity contribution in [1.29, 1.82) is 0 Å². The van der Waals surface area contributed by atoms with E-state index in [1.54, 1.807) is 11.3 Å². The fraction of sp³-hybridized carbons (Fsp3) is 0.500. The Labute approximate surface area is 112 Å². The van der Waals surface area contributed by atoms with Crippen LogP contribution < -0.4 is 5.73 Å². The maximum absolute atomic E-state index is 5.74. The predicted molar refractivity (Wildman–Crippen MR) is 77.6 cm³/mol. The van der Waals surface area contributed by atoms with Crippen molar-refractivity contribution in [2.45, 2.75) is 20.4 Å². The van der Waals surface area contributed by atoms with Gasteiger partial charge in [-0.1, -0.05) is 31.3 Å². The molecular formula is C14H19N3S. The fourth-order valence-electron chi connectivity index (χ4n) is 2.72. The number of likely N-dealkylation sites (tertiary alicyclic amines) is 1. The summed E-state index contributed by atoms with van der Waals surface area (Å²) in [5, 5.41) is 0.658. The van der Waals surface area contributed by atoms with Crippen LogP contribution in [-0.2, 0) is 6.54 Å². The standard InChI is InChI=1S/C14H19N3S/c1-9-6-17(7-10(9)2)8-11-3-4-12-13(5-11)18-14(15)16-12/h3-5,9-10H,6-8H2,1-2H3,(H2,15,16). The van der Waals surface area contributed by atoms with Gasteiger partial charge in [0.15, 0.2) is 5.13 Å². The first-order valence-electron chi connectivity index (χ1n) is 6.49. The quantitative estimate of drug-likeness (QED) is 0.903. The Morgan fingerprint density at radius 1 is 1.33 bits per heavy atom. The summed E-state index contributed by atoms with van der Waals surface area (Å²) < 4.78 is 1.20. The lowest BCUT2D eigenvalue weighted by Crippen LogP contribution is -2.19. The summed E-state index contributed by atoms with van der Waals surface area (Å²) in [6.45, 7) is 8.16. The molecule has 1 aromatic heterocycles. The highest BCUT2D eigenvalue weighted by molar-refractivity contribution is 7.22. The Morgan fingerprint density at radius 2 is 2.06 bits per heavy atom. The van der Waals surface area contributed by atoms with Gasteiger partial charge in [-0.15, -0.1) is 0 Å². The Bertz CT molecular complexity index is 553. The average molecular weight is 261 g/mol. The summed E-state index contributed by atoms with van der Waals surface area (Å²) >= 11 is 1.57. The highest BCUT2D eigenvalue weighted by Crippen LogP contribution is 2.27. The maximum atomic E-state index is 5.74. The van der Waals surface area contributed by atoms with Crippen LogP contribution in [-0.4, -0.2) is 23.0 Å². The lowest BCUT2D eigenvalue weighted by molar-refractivity contribution is 0.316. The Balaban J connectivity index is 1.78. The smallest absolute Gasteiger partial charge is 0.181 e. The van der Waals surface area contributed by atoms with E-state index in [9.17, 15) is 0 Å². The number of aromatic nitrogens is 1. The largest absolute Gasteiger partial charge is 0.375 e. The molecule has 2 unspecified atom stereocenters. The second kappa shape index (κ2) is 4.52. The van der Waals surface area contributed by atoms with E-state index < -0.39 is 0 Å². The minimum absolute atomic E-state index is 0.658. The summed E-state index contributed by atoms with van der Waals surface area (Å²) in [5.74, 6) is 1.63. The van der Waals surface area contributed by atoms with Gasteiger partial charge in [-0.25, -0.2) is 4.98 Å². The molecule has 1 aliphatic heterocycles. The average Bonchev–Trinajstić information content (AvgIpc) is 2.81. The number of anilines is 1. The van der Waals surface area contributed by atoms with Gasteiger partial charge in [0.25, 0.3) is 0 Å². The summed E-state index contributed by atoms with van der Waals surface area (Å²) in [4.78, 5) is 6.84. The number of nitrogens with zero attached hydrogens (tertiary/aromatic N) is 2. The lowest BCUT2D eigenvalue weighted by atomic mass is 10.0. The molecule has 3 rings (SSSR count). The Hall–Kier alpha value is -1.13. The molecule has 1 aromatic carbocycles. The van der Waals surface area contributed by atoms with Gasteiger partial charge in [0.1, 0.15) is 0 Å². The van der Waals surface area contributed by atoms with Gasteiger partial charge in [-0.3, -0.25) is 4.90 Å². The molecule has 0 spiro atoms. The third-order valence-electron chi connectivity index (χ3n) is 3.94. The van der Waals surface area contributed by atoms with Crippen molar-refractivity contribution >= 4 is 26.7 Å². The van der Waals surface area contributed by atoms with Gasteiger partial charge in [0.05, 0.1) is 10.2 Å². The molecule has 0 aliphatic carbocycles. The highest BCUT2D eigenvalue weighted by Gasteiger charge is 2.25. The van der Waals surface area contributed by atoms with Crippen LogP contribution in [0.3, 0.4) is 0 Å². The van der Waals surface area contributed by atoms with E-state index in [1.165, 1.54) is 23.4 Å². The van der Waals surface area contributed by atoms with Crippen molar-refractivity contribution in [2.75, 3.05) is 18.8 Å². The number of fused-ring (bicyclic) bond motifs is 1. The Kier molecular flexibility index (Phi) is 2.99. The molecule has 1 fully saturated rings. The second-order valence-corrected chi connectivity index (χ2v) is 6.57. The van der Waals surface area contributed by atoms with Gasteiger partial charge in [0, 0.05) is 19.6 Å². The van der Waals surface area contributed by atoms with E-state index in [0.717, 1.165) is 23.9 Å². The van der Waals surface area contributed by atoms with Crippen LogP contribution in [0.4, 0.5) is 5.13 Å². The monoisotopic (exact) mass is 261 g/mol. The van der Waals surface area contributed by atoms with Gasteiger partial charge in [-0.2, -0.15) is 0 Å². The molecule has 18 heavy (non-hydrogen) atoms. The first-order chi connectivity index (χ1) is 8.61. The summed E-state index contributed by atoms with van der Waals surface area (Å²) in [6.07, 6.45) is 0. The lowest BCUT2D eigenvalue weighted by Gasteiger charge is -2.15. The zero-order valence-electron chi connectivity index (χ0n) is 10.9.